The van der Waals surface area contributed by atoms with Crippen LogP contribution in [0.1, 0.15) is 38.2 Å². The first-order valence-corrected chi connectivity index (χ1v) is 8.49. The molecule has 3 nitrogen and oxygen atoms in total. The number of halogens is 1. The van der Waals surface area contributed by atoms with Crippen LogP contribution in [0.4, 0.5) is 0 Å². The van der Waals surface area contributed by atoms with Crippen LogP contribution in [0.25, 0.3) is 10.8 Å². The van der Waals surface area contributed by atoms with Gasteiger partial charge in [-0.1, -0.05) is 55.3 Å². The van der Waals surface area contributed by atoms with Gasteiger partial charge in [-0.3, -0.25) is 4.79 Å². The molecule has 4 heteroatoms. The number of carbonyl (C=O) groups excluding carboxylic acids is 1. The predicted octanol–water partition coefficient (Wildman–Crippen LogP) is 4.13. The van der Waals surface area contributed by atoms with Gasteiger partial charge in [0.05, 0.1) is 5.92 Å². The first-order chi connectivity index (χ1) is 11.0. The Hall–Kier alpha value is -1.58. The van der Waals surface area contributed by atoms with Gasteiger partial charge in [0.2, 0.25) is 5.91 Å². The molecule has 0 radical (unpaired) electrons. The number of nitrogens with two attached hydrogens (primary N) is 1. The van der Waals surface area contributed by atoms with Crippen LogP contribution in [-0.2, 0) is 11.3 Å². The van der Waals surface area contributed by atoms with Crippen LogP contribution in [0.5, 0.6) is 0 Å². The highest BCUT2D eigenvalue weighted by atomic mass is 35.5. The molecule has 0 saturated heterocycles. The first kappa shape index (κ1) is 18.8. The summed E-state index contributed by atoms with van der Waals surface area (Å²) in [6, 6.07) is 14.6. The van der Waals surface area contributed by atoms with Crippen LogP contribution in [0.15, 0.2) is 42.5 Å². The Bertz CT molecular complexity index is 708. The van der Waals surface area contributed by atoms with Crippen LogP contribution in [0, 0.1) is 5.92 Å². The van der Waals surface area contributed by atoms with Crippen LogP contribution >= 0.6 is 12.4 Å². The fourth-order valence-corrected chi connectivity index (χ4v) is 3.79. The Kier molecular flexibility index (Phi) is 5.89. The van der Waals surface area contributed by atoms with Crippen molar-refractivity contribution in [3.05, 3.63) is 48.0 Å². The molecule has 1 saturated carbocycles. The highest BCUT2D eigenvalue weighted by Gasteiger charge is 2.39. The molecular weight excluding hydrogens is 320 g/mol. The van der Waals surface area contributed by atoms with E-state index in [4.69, 9.17) is 5.73 Å². The van der Waals surface area contributed by atoms with Crippen LogP contribution in [0.2, 0.25) is 0 Å². The number of rotatable bonds is 3. The van der Waals surface area contributed by atoms with Crippen molar-refractivity contribution in [3.8, 4) is 0 Å². The molecule has 1 fully saturated rings. The summed E-state index contributed by atoms with van der Waals surface area (Å²) in [4.78, 5) is 14.8. The average Bonchev–Trinajstić information content (AvgIpc) is 2.54. The number of benzene rings is 2. The fourth-order valence-electron chi connectivity index (χ4n) is 3.79. The largest absolute Gasteiger partial charge is 0.341 e. The van der Waals surface area contributed by atoms with Gasteiger partial charge in [0.1, 0.15) is 0 Å². The lowest BCUT2D eigenvalue weighted by Crippen LogP contribution is -2.53. The highest BCUT2D eigenvalue weighted by molar-refractivity contribution is 5.86. The molecule has 2 unspecified atom stereocenters. The molecule has 1 aliphatic carbocycles. The molecule has 2 aromatic carbocycles. The highest BCUT2D eigenvalue weighted by Crippen LogP contribution is 2.33. The molecule has 1 aliphatic rings. The molecule has 0 bridgehead atoms. The third-order valence-corrected chi connectivity index (χ3v) is 5.22. The van der Waals surface area contributed by atoms with Crippen LogP contribution in [0.3, 0.4) is 0 Å². The lowest BCUT2D eigenvalue weighted by molar-refractivity contribution is -0.138. The van der Waals surface area contributed by atoms with Gasteiger partial charge < -0.3 is 10.6 Å². The predicted molar refractivity (Wildman–Crippen MR) is 102 cm³/mol. The summed E-state index contributed by atoms with van der Waals surface area (Å²) in [6.07, 6.45) is 4.08. The van der Waals surface area contributed by atoms with E-state index in [0.717, 1.165) is 25.7 Å². The molecule has 24 heavy (non-hydrogen) atoms. The molecule has 0 aromatic heterocycles. The summed E-state index contributed by atoms with van der Waals surface area (Å²) in [5, 5.41) is 2.43. The first-order valence-electron chi connectivity index (χ1n) is 8.49. The van der Waals surface area contributed by atoms with Crippen LogP contribution < -0.4 is 5.73 Å². The van der Waals surface area contributed by atoms with E-state index in [-0.39, 0.29) is 29.8 Å². The third kappa shape index (κ3) is 3.73. The van der Waals surface area contributed by atoms with Crippen molar-refractivity contribution in [2.45, 2.75) is 44.7 Å². The Morgan fingerprint density at radius 2 is 1.92 bits per heavy atom. The number of fused-ring (bicyclic) bond motifs is 1. The van der Waals surface area contributed by atoms with E-state index in [0.29, 0.717) is 6.54 Å². The monoisotopic (exact) mass is 346 g/mol. The van der Waals surface area contributed by atoms with Gasteiger partial charge >= 0.3 is 0 Å². The minimum atomic E-state index is -0.373. The Balaban J connectivity index is 0.00000208. The average molecular weight is 347 g/mol. The molecular formula is C20H27ClN2O. The maximum Gasteiger partial charge on any atom is 0.227 e. The Labute approximate surface area is 150 Å². The second kappa shape index (κ2) is 7.54. The van der Waals surface area contributed by atoms with Crippen molar-refractivity contribution in [3.63, 3.8) is 0 Å². The van der Waals surface area contributed by atoms with Crippen molar-refractivity contribution in [1.82, 2.24) is 4.90 Å². The molecule has 1 amide bonds. The van der Waals surface area contributed by atoms with E-state index < -0.39 is 0 Å². The van der Waals surface area contributed by atoms with Gasteiger partial charge in [-0.25, -0.2) is 0 Å². The molecule has 0 heterocycles. The van der Waals surface area contributed by atoms with Gasteiger partial charge in [0.15, 0.2) is 0 Å². The normalized spacial score (nSPS) is 23.5. The molecule has 2 aromatic rings. The SMILES string of the molecule is CN(Cc1cccc2ccccc12)C(=O)C1CCCCC1(C)N.Cl. The zero-order chi connectivity index (χ0) is 16.4. The number of nitrogens with zero attached hydrogens (tertiary/aromatic N) is 1. The van der Waals surface area contributed by atoms with Crippen molar-refractivity contribution < 1.29 is 4.79 Å². The van der Waals surface area contributed by atoms with E-state index in [1.54, 1.807) is 0 Å². The van der Waals surface area contributed by atoms with Crippen molar-refractivity contribution in [1.29, 1.82) is 0 Å². The fraction of sp³-hybridized carbons (Fsp3) is 0.450. The molecule has 3 rings (SSSR count). The zero-order valence-corrected chi connectivity index (χ0v) is 15.3. The standard InChI is InChI=1S/C20H26N2O.ClH/c1-20(21)13-6-5-12-18(20)19(23)22(2)14-16-10-7-9-15-8-3-4-11-17(15)16;/h3-4,7-11,18H,5-6,12-14,21H2,1-2H3;1H. The summed E-state index contributed by atoms with van der Waals surface area (Å²) in [5.74, 6) is 0.124. The Morgan fingerprint density at radius 1 is 1.21 bits per heavy atom. The maximum absolute atomic E-state index is 12.9. The quantitative estimate of drug-likeness (QED) is 0.908. The zero-order valence-electron chi connectivity index (χ0n) is 14.5. The molecule has 130 valence electrons. The van der Waals surface area contributed by atoms with E-state index >= 15 is 0 Å². The lowest BCUT2D eigenvalue weighted by Gasteiger charge is -2.39. The van der Waals surface area contributed by atoms with Crippen LogP contribution in [-0.4, -0.2) is 23.4 Å². The molecule has 2 N–H and O–H groups in total. The summed E-state index contributed by atoms with van der Waals surface area (Å²) in [7, 11) is 1.90. The molecule has 0 spiro atoms. The summed E-state index contributed by atoms with van der Waals surface area (Å²) in [6.45, 7) is 2.66. The summed E-state index contributed by atoms with van der Waals surface area (Å²) < 4.78 is 0. The van der Waals surface area contributed by atoms with E-state index in [1.807, 2.05) is 31.0 Å². The minimum absolute atomic E-state index is 0. The van der Waals surface area contributed by atoms with Crippen molar-refractivity contribution in [2.75, 3.05) is 7.05 Å². The summed E-state index contributed by atoms with van der Waals surface area (Å²) >= 11 is 0. The second-order valence-corrected chi connectivity index (χ2v) is 7.14. The van der Waals surface area contributed by atoms with E-state index in [9.17, 15) is 4.79 Å². The maximum atomic E-state index is 12.9. The van der Waals surface area contributed by atoms with E-state index in [1.165, 1.54) is 16.3 Å². The van der Waals surface area contributed by atoms with Gasteiger partial charge in [-0.15, -0.1) is 12.4 Å². The second-order valence-electron chi connectivity index (χ2n) is 7.14. The molecule has 0 aliphatic heterocycles. The lowest BCUT2D eigenvalue weighted by atomic mass is 9.74. The summed E-state index contributed by atoms with van der Waals surface area (Å²) in [5.41, 5.74) is 7.21. The Morgan fingerprint density at radius 3 is 2.67 bits per heavy atom. The number of hydrogen-bond acceptors (Lipinski definition) is 2. The number of carbonyl (C=O) groups is 1. The van der Waals surface area contributed by atoms with Gasteiger partial charge in [0.25, 0.3) is 0 Å². The van der Waals surface area contributed by atoms with E-state index in [2.05, 4.69) is 30.3 Å². The van der Waals surface area contributed by atoms with Crippen molar-refractivity contribution >= 4 is 29.1 Å². The number of hydrogen-bond donors (Lipinski definition) is 1. The van der Waals surface area contributed by atoms with Gasteiger partial charge in [0, 0.05) is 19.1 Å². The number of amides is 1. The molecule has 2 atom stereocenters. The van der Waals surface area contributed by atoms with Gasteiger partial charge in [-0.2, -0.15) is 0 Å². The third-order valence-electron chi connectivity index (χ3n) is 5.22. The smallest absolute Gasteiger partial charge is 0.227 e. The van der Waals surface area contributed by atoms with Gasteiger partial charge in [-0.05, 0) is 36.1 Å². The topological polar surface area (TPSA) is 46.3 Å². The minimum Gasteiger partial charge on any atom is -0.341 e. The van der Waals surface area contributed by atoms with Crippen molar-refractivity contribution in [2.24, 2.45) is 11.7 Å².